The van der Waals surface area contributed by atoms with Gasteiger partial charge in [-0.2, -0.15) is 0 Å². The van der Waals surface area contributed by atoms with Crippen LogP contribution in [0.5, 0.6) is 5.75 Å². The van der Waals surface area contributed by atoms with E-state index in [9.17, 15) is 9.59 Å². The van der Waals surface area contributed by atoms with E-state index >= 15 is 0 Å². The minimum atomic E-state index is -0.234. The molecule has 2 N–H and O–H groups in total. The standard InChI is InChI=1S/C23H31N3O3/c1-5-7-15-29-19-11-8-17(9-12-19)22(27)25-18-10-13-21(26(3)4)20(16-18)23(28)24-14-6-2/h8-13,16H,5-7,14-15H2,1-4H3,(H,24,28)(H,25,27). The second-order valence-electron chi connectivity index (χ2n) is 7.06. The predicted molar refractivity (Wildman–Crippen MR) is 118 cm³/mol. The van der Waals surface area contributed by atoms with Gasteiger partial charge in [-0.3, -0.25) is 9.59 Å². The average Bonchev–Trinajstić information content (AvgIpc) is 2.72. The molecule has 0 spiro atoms. The fourth-order valence-corrected chi connectivity index (χ4v) is 2.76. The summed E-state index contributed by atoms with van der Waals surface area (Å²) >= 11 is 0. The summed E-state index contributed by atoms with van der Waals surface area (Å²) in [5, 5.41) is 5.76. The highest BCUT2D eigenvalue weighted by Crippen LogP contribution is 2.24. The number of carbonyl (C=O) groups excluding carboxylic acids is 2. The van der Waals surface area contributed by atoms with Crippen molar-refractivity contribution < 1.29 is 14.3 Å². The molecule has 0 bridgehead atoms. The third-order valence-corrected chi connectivity index (χ3v) is 4.40. The van der Waals surface area contributed by atoms with Gasteiger partial charge in [0.25, 0.3) is 11.8 Å². The minimum Gasteiger partial charge on any atom is -0.494 e. The van der Waals surface area contributed by atoms with Crippen molar-refractivity contribution in [3.8, 4) is 5.75 Å². The van der Waals surface area contributed by atoms with E-state index in [4.69, 9.17) is 4.74 Å². The molecule has 0 aliphatic heterocycles. The molecule has 6 nitrogen and oxygen atoms in total. The zero-order valence-electron chi connectivity index (χ0n) is 17.7. The molecule has 2 amide bonds. The maximum atomic E-state index is 12.6. The topological polar surface area (TPSA) is 70.7 Å². The third-order valence-electron chi connectivity index (χ3n) is 4.40. The first-order chi connectivity index (χ1) is 14.0. The van der Waals surface area contributed by atoms with Crippen molar-refractivity contribution in [2.75, 3.05) is 37.5 Å². The summed E-state index contributed by atoms with van der Waals surface area (Å²) in [4.78, 5) is 27.0. The monoisotopic (exact) mass is 397 g/mol. The summed E-state index contributed by atoms with van der Waals surface area (Å²) in [6, 6.07) is 12.4. The van der Waals surface area contributed by atoms with Crippen molar-refractivity contribution in [1.29, 1.82) is 0 Å². The largest absolute Gasteiger partial charge is 0.494 e. The highest BCUT2D eigenvalue weighted by molar-refractivity contribution is 6.06. The zero-order chi connectivity index (χ0) is 21.2. The van der Waals surface area contributed by atoms with Crippen molar-refractivity contribution in [3.05, 3.63) is 53.6 Å². The number of carbonyl (C=O) groups is 2. The quantitative estimate of drug-likeness (QED) is 0.586. The number of hydrogen-bond donors (Lipinski definition) is 2. The van der Waals surface area contributed by atoms with Gasteiger partial charge in [0.05, 0.1) is 12.2 Å². The van der Waals surface area contributed by atoms with Crippen LogP contribution >= 0.6 is 0 Å². The Morgan fingerprint density at radius 1 is 0.966 bits per heavy atom. The second kappa shape index (κ2) is 11.1. The third kappa shape index (κ3) is 6.52. The number of unbranched alkanes of at least 4 members (excludes halogenated alkanes) is 1. The van der Waals surface area contributed by atoms with E-state index in [1.165, 1.54) is 0 Å². The van der Waals surface area contributed by atoms with Gasteiger partial charge in [-0.1, -0.05) is 20.3 Å². The van der Waals surface area contributed by atoms with Crippen LogP contribution in [0.3, 0.4) is 0 Å². The Kier molecular flexibility index (Phi) is 8.52. The Morgan fingerprint density at radius 2 is 1.69 bits per heavy atom. The van der Waals surface area contributed by atoms with Crippen LogP contribution in [0, 0.1) is 0 Å². The first kappa shape index (κ1) is 22.3. The minimum absolute atomic E-state index is 0.153. The maximum absolute atomic E-state index is 12.6. The smallest absolute Gasteiger partial charge is 0.255 e. The van der Waals surface area contributed by atoms with Crippen molar-refractivity contribution in [1.82, 2.24) is 5.32 Å². The molecule has 2 aromatic rings. The molecule has 0 unspecified atom stereocenters. The molecule has 156 valence electrons. The zero-order valence-corrected chi connectivity index (χ0v) is 17.7. The summed E-state index contributed by atoms with van der Waals surface area (Å²) in [6.45, 7) is 5.39. The van der Waals surface area contributed by atoms with Crippen LogP contribution in [0.15, 0.2) is 42.5 Å². The van der Waals surface area contributed by atoms with Crippen LogP contribution in [-0.2, 0) is 0 Å². The number of nitrogens with one attached hydrogen (secondary N) is 2. The number of amides is 2. The molecule has 6 heteroatoms. The Balaban J connectivity index is 2.12. The molecule has 0 radical (unpaired) electrons. The van der Waals surface area contributed by atoms with Crippen LogP contribution < -0.4 is 20.3 Å². The molecule has 0 atom stereocenters. The molecular weight excluding hydrogens is 366 g/mol. The van der Waals surface area contributed by atoms with Gasteiger partial charge in [-0.05, 0) is 55.3 Å². The van der Waals surface area contributed by atoms with Crippen LogP contribution in [0.1, 0.15) is 53.8 Å². The SMILES string of the molecule is CCCCOc1ccc(C(=O)Nc2ccc(N(C)C)c(C(=O)NCCC)c2)cc1. The normalized spacial score (nSPS) is 10.3. The van der Waals surface area contributed by atoms with E-state index in [-0.39, 0.29) is 11.8 Å². The fraction of sp³-hybridized carbons (Fsp3) is 0.391. The van der Waals surface area contributed by atoms with E-state index in [0.717, 1.165) is 30.7 Å². The van der Waals surface area contributed by atoms with Gasteiger partial charge in [0, 0.05) is 37.6 Å². The van der Waals surface area contributed by atoms with E-state index in [0.29, 0.717) is 30.0 Å². The predicted octanol–water partition coefficient (Wildman–Crippen LogP) is 4.32. The van der Waals surface area contributed by atoms with Gasteiger partial charge in [0.2, 0.25) is 0 Å². The lowest BCUT2D eigenvalue weighted by Crippen LogP contribution is -2.26. The Labute approximate surface area is 173 Å². The molecule has 0 aliphatic carbocycles. The number of hydrogen-bond acceptors (Lipinski definition) is 4. The molecular formula is C23H31N3O3. The van der Waals surface area contributed by atoms with Crippen molar-refractivity contribution in [2.24, 2.45) is 0 Å². The number of nitrogens with zero attached hydrogens (tertiary/aromatic N) is 1. The molecule has 0 heterocycles. The average molecular weight is 398 g/mol. The second-order valence-corrected chi connectivity index (χ2v) is 7.06. The first-order valence-electron chi connectivity index (χ1n) is 10.1. The van der Waals surface area contributed by atoms with Crippen LogP contribution in [0.4, 0.5) is 11.4 Å². The highest BCUT2D eigenvalue weighted by atomic mass is 16.5. The van der Waals surface area contributed by atoms with Crippen LogP contribution in [-0.4, -0.2) is 39.1 Å². The van der Waals surface area contributed by atoms with E-state index < -0.39 is 0 Å². The number of rotatable bonds is 10. The van der Waals surface area contributed by atoms with E-state index in [2.05, 4.69) is 17.6 Å². The van der Waals surface area contributed by atoms with Gasteiger partial charge in [0.15, 0.2) is 0 Å². The van der Waals surface area contributed by atoms with Gasteiger partial charge in [-0.15, -0.1) is 0 Å². The Morgan fingerprint density at radius 3 is 2.31 bits per heavy atom. The lowest BCUT2D eigenvalue weighted by Gasteiger charge is -2.18. The Bertz CT molecular complexity index is 817. The molecule has 2 rings (SSSR count). The number of ether oxygens (including phenoxy) is 1. The Hall–Kier alpha value is -3.02. The van der Waals surface area contributed by atoms with Crippen molar-refractivity contribution in [3.63, 3.8) is 0 Å². The maximum Gasteiger partial charge on any atom is 0.255 e. The molecule has 2 aromatic carbocycles. The molecule has 0 fully saturated rings. The highest BCUT2D eigenvalue weighted by Gasteiger charge is 2.15. The summed E-state index contributed by atoms with van der Waals surface area (Å²) in [6.07, 6.45) is 2.93. The molecule has 0 saturated heterocycles. The molecule has 0 aliphatic rings. The van der Waals surface area contributed by atoms with Gasteiger partial charge in [-0.25, -0.2) is 0 Å². The number of benzene rings is 2. The lowest BCUT2D eigenvalue weighted by atomic mass is 10.1. The van der Waals surface area contributed by atoms with Crippen molar-refractivity contribution >= 4 is 23.2 Å². The number of anilines is 2. The van der Waals surface area contributed by atoms with Crippen molar-refractivity contribution in [2.45, 2.75) is 33.1 Å². The van der Waals surface area contributed by atoms with Gasteiger partial charge in [0.1, 0.15) is 5.75 Å². The molecule has 0 aromatic heterocycles. The van der Waals surface area contributed by atoms with Gasteiger partial charge < -0.3 is 20.3 Å². The van der Waals surface area contributed by atoms with Crippen LogP contribution in [0.2, 0.25) is 0 Å². The molecule has 29 heavy (non-hydrogen) atoms. The lowest BCUT2D eigenvalue weighted by molar-refractivity contribution is 0.0952. The summed E-state index contributed by atoms with van der Waals surface area (Å²) in [5.41, 5.74) is 2.43. The summed E-state index contributed by atoms with van der Waals surface area (Å²) in [7, 11) is 3.77. The first-order valence-corrected chi connectivity index (χ1v) is 10.1. The van der Waals surface area contributed by atoms with E-state index in [1.54, 1.807) is 36.4 Å². The van der Waals surface area contributed by atoms with Crippen LogP contribution in [0.25, 0.3) is 0 Å². The van der Waals surface area contributed by atoms with E-state index in [1.807, 2.05) is 32.0 Å². The fourth-order valence-electron chi connectivity index (χ4n) is 2.76. The van der Waals surface area contributed by atoms with Gasteiger partial charge >= 0.3 is 0 Å². The molecule has 0 saturated carbocycles. The summed E-state index contributed by atoms with van der Waals surface area (Å²) < 4.78 is 5.63. The summed E-state index contributed by atoms with van der Waals surface area (Å²) in [5.74, 6) is 0.364.